The third-order valence-corrected chi connectivity index (χ3v) is 8.86. The SMILES string of the molecule is O=C(NC1(C23CC(C(=O)O)(C2)C3)CC1)c1cccc2ccn(Cc3ccc(C4CC4)cn3)c12. The van der Waals surface area contributed by atoms with Crippen LogP contribution in [0.4, 0.5) is 0 Å². The summed E-state index contributed by atoms with van der Waals surface area (Å²) < 4.78 is 2.11. The molecule has 3 aromatic rings. The van der Waals surface area contributed by atoms with Gasteiger partial charge in [0.1, 0.15) is 0 Å². The first kappa shape index (κ1) is 19.3. The second kappa shape index (κ2) is 6.25. The van der Waals surface area contributed by atoms with E-state index in [0.717, 1.165) is 29.4 Å². The summed E-state index contributed by atoms with van der Waals surface area (Å²) in [5.41, 5.74) is 3.17. The van der Waals surface area contributed by atoms with Crippen molar-refractivity contribution in [3.8, 4) is 0 Å². The van der Waals surface area contributed by atoms with E-state index in [2.05, 4.69) is 33.1 Å². The van der Waals surface area contributed by atoms with Crippen LogP contribution >= 0.6 is 0 Å². The van der Waals surface area contributed by atoms with Gasteiger partial charge in [0, 0.05) is 23.3 Å². The van der Waals surface area contributed by atoms with E-state index in [4.69, 9.17) is 0 Å². The third-order valence-electron chi connectivity index (χ3n) is 8.86. The molecule has 1 amide bonds. The maximum absolute atomic E-state index is 13.5. The van der Waals surface area contributed by atoms with Gasteiger partial charge in [-0.1, -0.05) is 18.2 Å². The topological polar surface area (TPSA) is 84.2 Å². The number of aromatic nitrogens is 2. The molecule has 2 aromatic heterocycles. The van der Waals surface area contributed by atoms with E-state index >= 15 is 0 Å². The first-order chi connectivity index (χ1) is 15.9. The van der Waals surface area contributed by atoms with E-state index in [0.29, 0.717) is 37.3 Å². The lowest BCUT2D eigenvalue weighted by atomic mass is 9.32. The lowest BCUT2D eigenvalue weighted by molar-refractivity contribution is -0.236. The maximum Gasteiger partial charge on any atom is 0.309 e. The van der Waals surface area contributed by atoms with Crippen LogP contribution in [0.2, 0.25) is 0 Å². The quantitative estimate of drug-likeness (QED) is 0.566. The molecule has 5 fully saturated rings. The van der Waals surface area contributed by atoms with Crippen LogP contribution in [0.25, 0.3) is 10.9 Å². The van der Waals surface area contributed by atoms with Crippen LogP contribution in [0.1, 0.15) is 72.5 Å². The number of nitrogens with one attached hydrogen (secondary N) is 1. The number of carboxylic acid groups (broad SMARTS) is 1. The predicted octanol–water partition coefficient (Wildman–Crippen LogP) is 4.48. The number of hydrogen-bond acceptors (Lipinski definition) is 3. The number of para-hydroxylation sites is 1. The minimum absolute atomic E-state index is 0.00976. The van der Waals surface area contributed by atoms with Crippen LogP contribution in [0, 0.1) is 10.8 Å². The van der Waals surface area contributed by atoms with Crippen molar-refractivity contribution in [1.82, 2.24) is 14.9 Å². The highest BCUT2D eigenvalue weighted by molar-refractivity contribution is 6.06. The van der Waals surface area contributed by atoms with Gasteiger partial charge in [0.2, 0.25) is 0 Å². The van der Waals surface area contributed by atoms with Gasteiger partial charge in [-0.25, -0.2) is 0 Å². The summed E-state index contributed by atoms with van der Waals surface area (Å²) in [5, 5.41) is 13.9. The van der Waals surface area contributed by atoms with Crippen LogP contribution in [0.15, 0.2) is 48.8 Å². The monoisotopic (exact) mass is 441 g/mol. The number of hydrogen-bond donors (Lipinski definition) is 2. The fraction of sp³-hybridized carbons (Fsp3) is 0.444. The number of aliphatic carboxylic acids is 1. The number of carbonyl (C=O) groups is 2. The Hall–Kier alpha value is -3.15. The molecule has 33 heavy (non-hydrogen) atoms. The molecule has 0 aliphatic heterocycles. The molecule has 0 spiro atoms. The average molecular weight is 442 g/mol. The van der Waals surface area contributed by atoms with Gasteiger partial charge in [-0.3, -0.25) is 14.6 Å². The predicted molar refractivity (Wildman–Crippen MR) is 123 cm³/mol. The molecule has 6 heteroatoms. The zero-order chi connectivity index (χ0) is 22.4. The van der Waals surface area contributed by atoms with Gasteiger partial charge >= 0.3 is 5.97 Å². The molecular weight excluding hydrogens is 414 g/mol. The van der Waals surface area contributed by atoms with E-state index in [1.807, 2.05) is 30.6 Å². The fourth-order valence-corrected chi connectivity index (χ4v) is 6.66. The lowest BCUT2D eigenvalue weighted by Crippen LogP contribution is -2.73. The molecule has 0 saturated heterocycles. The van der Waals surface area contributed by atoms with Crippen molar-refractivity contribution in [2.75, 3.05) is 0 Å². The summed E-state index contributed by atoms with van der Waals surface area (Å²) >= 11 is 0. The molecule has 1 aromatic carbocycles. The molecule has 0 atom stereocenters. The van der Waals surface area contributed by atoms with Crippen molar-refractivity contribution in [2.24, 2.45) is 10.8 Å². The number of benzene rings is 1. The number of amides is 1. The molecule has 5 aliphatic carbocycles. The van der Waals surface area contributed by atoms with Gasteiger partial charge < -0.3 is 15.0 Å². The molecule has 5 saturated carbocycles. The van der Waals surface area contributed by atoms with E-state index < -0.39 is 11.4 Å². The highest BCUT2D eigenvalue weighted by Gasteiger charge is 2.81. The third kappa shape index (κ3) is 2.69. The highest BCUT2D eigenvalue weighted by atomic mass is 16.4. The summed E-state index contributed by atoms with van der Waals surface area (Å²) in [7, 11) is 0. The Labute approximate surface area is 192 Å². The second-order valence-corrected chi connectivity index (χ2v) is 11.0. The minimum Gasteiger partial charge on any atom is -0.481 e. The second-order valence-electron chi connectivity index (χ2n) is 11.0. The van der Waals surface area contributed by atoms with Gasteiger partial charge in [0.15, 0.2) is 0 Å². The first-order valence-corrected chi connectivity index (χ1v) is 12.0. The van der Waals surface area contributed by atoms with E-state index in [-0.39, 0.29) is 16.9 Å². The number of carbonyl (C=O) groups excluding carboxylic acids is 1. The molecule has 2 N–H and O–H groups in total. The van der Waals surface area contributed by atoms with Crippen molar-refractivity contribution in [1.29, 1.82) is 0 Å². The summed E-state index contributed by atoms with van der Waals surface area (Å²) in [6.45, 7) is 0.620. The van der Waals surface area contributed by atoms with Gasteiger partial charge in [0.05, 0.1) is 28.7 Å². The number of pyridine rings is 1. The van der Waals surface area contributed by atoms with Crippen LogP contribution in [0.5, 0.6) is 0 Å². The van der Waals surface area contributed by atoms with Crippen LogP contribution in [-0.4, -0.2) is 32.1 Å². The number of nitrogens with zero attached hydrogens (tertiary/aromatic N) is 2. The standard InChI is InChI=1S/C27H27N3O3/c31-23(29-27(9-10-27)26-14-25(15-26,16-26)24(32)33)21-3-1-2-18-8-11-30(22(18)21)13-20-7-6-19(12-28-20)17-4-5-17/h1-3,6-8,11-12,17H,4-5,9-10,13-16H2,(H,29,31)(H,32,33). The Morgan fingerprint density at radius 1 is 1.09 bits per heavy atom. The highest BCUT2D eigenvalue weighted by Crippen LogP contribution is 2.81. The Morgan fingerprint density at radius 2 is 1.88 bits per heavy atom. The molecule has 5 aliphatic rings. The largest absolute Gasteiger partial charge is 0.481 e. The van der Waals surface area contributed by atoms with Gasteiger partial charge in [-0.05, 0) is 80.0 Å². The Kier molecular flexibility index (Phi) is 3.66. The molecule has 168 valence electrons. The lowest BCUT2D eigenvalue weighted by Gasteiger charge is -2.71. The van der Waals surface area contributed by atoms with Crippen molar-refractivity contribution < 1.29 is 14.7 Å². The van der Waals surface area contributed by atoms with Crippen LogP contribution in [0.3, 0.4) is 0 Å². The van der Waals surface area contributed by atoms with E-state index in [1.54, 1.807) is 0 Å². The van der Waals surface area contributed by atoms with Gasteiger partial charge in [-0.15, -0.1) is 0 Å². The van der Waals surface area contributed by atoms with Crippen molar-refractivity contribution in [3.63, 3.8) is 0 Å². The van der Waals surface area contributed by atoms with Crippen LogP contribution < -0.4 is 5.32 Å². The smallest absolute Gasteiger partial charge is 0.309 e. The fourth-order valence-electron chi connectivity index (χ4n) is 6.66. The summed E-state index contributed by atoms with van der Waals surface area (Å²) in [6.07, 6.45) is 10.6. The average Bonchev–Trinajstić information content (AvgIpc) is 3.66. The zero-order valence-electron chi connectivity index (χ0n) is 18.5. The molecular formula is C27H27N3O3. The summed E-state index contributed by atoms with van der Waals surface area (Å²) in [6, 6.07) is 12.2. The summed E-state index contributed by atoms with van der Waals surface area (Å²) in [5.74, 6) is -0.0347. The Bertz CT molecular complexity index is 1290. The normalized spacial score (nSPS) is 28.6. The van der Waals surface area contributed by atoms with Gasteiger partial charge in [0.25, 0.3) is 5.91 Å². The number of fused-ring (bicyclic) bond motifs is 1. The van der Waals surface area contributed by atoms with Crippen molar-refractivity contribution in [3.05, 3.63) is 65.6 Å². The van der Waals surface area contributed by atoms with E-state index in [1.165, 1.54) is 18.4 Å². The number of rotatable bonds is 7. The molecule has 0 unspecified atom stereocenters. The minimum atomic E-state index is -0.673. The molecule has 6 nitrogen and oxygen atoms in total. The Balaban J connectivity index is 1.14. The van der Waals surface area contributed by atoms with Crippen LogP contribution in [-0.2, 0) is 11.3 Å². The van der Waals surface area contributed by atoms with Gasteiger partial charge in [-0.2, -0.15) is 0 Å². The first-order valence-electron chi connectivity index (χ1n) is 12.0. The molecule has 0 radical (unpaired) electrons. The van der Waals surface area contributed by atoms with Crippen molar-refractivity contribution in [2.45, 2.75) is 62.9 Å². The summed E-state index contributed by atoms with van der Waals surface area (Å²) in [4.78, 5) is 29.7. The zero-order valence-corrected chi connectivity index (χ0v) is 18.5. The number of carboxylic acids is 1. The van der Waals surface area contributed by atoms with Crippen molar-refractivity contribution >= 4 is 22.8 Å². The molecule has 2 bridgehead atoms. The molecule has 8 rings (SSSR count). The van der Waals surface area contributed by atoms with E-state index in [9.17, 15) is 14.7 Å². The molecule has 2 heterocycles. The Morgan fingerprint density at radius 3 is 2.52 bits per heavy atom. The maximum atomic E-state index is 13.5.